The number of imidazole rings is 1. The Morgan fingerprint density at radius 2 is 2.28 bits per heavy atom. The molecule has 2 rings (SSSR count). The van der Waals surface area contributed by atoms with Gasteiger partial charge in [-0.3, -0.25) is 0 Å². The number of hydrogen-bond donors (Lipinski definition) is 1. The van der Waals surface area contributed by atoms with E-state index in [2.05, 4.69) is 38.4 Å². The molecule has 0 aliphatic heterocycles. The highest BCUT2D eigenvalue weighted by molar-refractivity contribution is 7.09. The summed E-state index contributed by atoms with van der Waals surface area (Å²) in [6, 6.07) is 0. The lowest BCUT2D eigenvalue weighted by atomic mass is 10.3. The number of rotatable bonds is 7. The molecule has 0 aliphatic carbocycles. The van der Waals surface area contributed by atoms with Gasteiger partial charge in [0.15, 0.2) is 0 Å². The Labute approximate surface area is 112 Å². The van der Waals surface area contributed by atoms with Gasteiger partial charge >= 0.3 is 0 Å². The van der Waals surface area contributed by atoms with E-state index in [1.807, 2.05) is 13.3 Å². The summed E-state index contributed by atoms with van der Waals surface area (Å²) in [6.45, 7) is 7.12. The van der Waals surface area contributed by atoms with Crippen molar-refractivity contribution in [3.8, 4) is 0 Å². The van der Waals surface area contributed by atoms with Crippen LogP contribution in [0.3, 0.4) is 0 Å². The molecule has 0 bridgehead atoms. The smallest absolute Gasteiger partial charge is 0.113 e. The van der Waals surface area contributed by atoms with E-state index in [0.29, 0.717) is 0 Å². The maximum absolute atomic E-state index is 4.46. The zero-order valence-corrected chi connectivity index (χ0v) is 11.8. The van der Waals surface area contributed by atoms with E-state index in [1.54, 1.807) is 11.3 Å². The van der Waals surface area contributed by atoms with Crippen LogP contribution in [0.15, 0.2) is 17.9 Å². The predicted molar refractivity (Wildman–Crippen MR) is 75.0 cm³/mol. The summed E-state index contributed by atoms with van der Waals surface area (Å²) >= 11 is 1.71. The van der Waals surface area contributed by atoms with E-state index in [1.165, 1.54) is 6.42 Å². The van der Waals surface area contributed by atoms with Gasteiger partial charge in [-0.05, 0) is 19.9 Å². The Hall–Kier alpha value is -1.20. The van der Waals surface area contributed by atoms with Crippen molar-refractivity contribution in [2.45, 2.75) is 33.2 Å². The van der Waals surface area contributed by atoms with E-state index in [4.69, 9.17) is 0 Å². The second-order valence-corrected chi connectivity index (χ2v) is 5.36. The molecule has 0 unspecified atom stereocenters. The summed E-state index contributed by atoms with van der Waals surface area (Å²) < 4.78 is 2.10. The van der Waals surface area contributed by atoms with E-state index in [9.17, 15) is 0 Å². The Morgan fingerprint density at radius 1 is 1.39 bits per heavy atom. The Balaban J connectivity index is 1.82. The van der Waals surface area contributed by atoms with Crippen LogP contribution >= 0.6 is 11.3 Å². The van der Waals surface area contributed by atoms with E-state index in [-0.39, 0.29) is 0 Å². The maximum atomic E-state index is 4.46. The quantitative estimate of drug-likeness (QED) is 0.780. The molecular formula is C13H20N4S. The predicted octanol–water partition coefficient (Wildman–Crippen LogP) is 2.24. The molecule has 2 aromatic rings. The maximum Gasteiger partial charge on any atom is 0.113 e. The molecular weight excluding hydrogens is 244 g/mol. The van der Waals surface area contributed by atoms with Gasteiger partial charge < -0.3 is 9.88 Å². The van der Waals surface area contributed by atoms with Gasteiger partial charge in [0.2, 0.25) is 0 Å². The number of nitrogens with one attached hydrogen (secondary N) is 1. The molecule has 2 heterocycles. The second kappa shape index (κ2) is 6.66. The van der Waals surface area contributed by atoms with Gasteiger partial charge in [0, 0.05) is 30.2 Å². The number of thiazole rings is 1. The number of nitrogens with zero attached hydrogens (tertiary/aromatic N) is 3. The molecule has 5 heteroatoms. The Kier molecular flexibility index (Phi) is 4.90. The van der Waals surface area contributed by atoms with Crippen molar-refractivity contribution in [2.75, 3.05) is 13.1 Å². The molecule has 2 aromatic heterocycles. The van der Waals surface area contributed by atoms with Gasteiger partial charge in [-0.1, -0.05) is 6.92 Å². The molecule has 1 N–H and O–H groups in total. The molecule has 0 aromatic carbocycles. The summed E-state index contributed by atoms with van der Waals surface area (Å²) in [5, 5.41) is 6.61. The van der Waals surface area contributed by atoms with Gasteiger partial charge in [-0.15, -0.1) is 11.3 Å². The minimum Gasteiger partial charge on any atom is -0.330 e. The summed E-state index contributed by atoms with van der Waals surface area (Å²) in [7, 11) is 0. The van der Waals surface area contributed by atoms with Gasteiger partial charge in [0.25, 0.3) is 0 Å². The average Bonchev–Trinajstić information content (AvgIpc) is 2.95. The van der Waals surface area contributed by atoms with Crippen molar-refractivity contribution in [3.63, 3.8) is 0 Å². The fraction of sp³-hybridized carbons (Fsp3) is 0.538. The molecule has 0 spiro atoms. The lowest BCUT2D eigenvalue weighted by molar-refractivity contribution is 0.666. The van der Waals surface area contributed by atoms with Crippen LogP contribution in [0.1, 0.15) is 29.7 Å². The third-order valence-corrected chi connectivity index (χ3v) is 3.61. The van der Waals surface area contributed by atoms with Crippen LogP contribution in [-0.2, 0) is 13.0 Å². The highest BCUT2D eigenvalue weighted by Crippen LogP contribution is 2.10. The highest BCUT2D eigenvalue weighted by atomic mass is 32.1. The van der Waals surface area contributed by atoms with Crippen LogP contribution in [0.5, 0.6) is 0 Å². The van der Waals surface area contributed by atoms with Crippen molar-refractivity contribution >= 4 is 11.3 Å². The first-order valence-corrected chi connectivity index (χ1v) is 7.28. The first kappa shape index (κ1) is 13.2. The van der Waals surface area contributed by atoms with Gasteiger partial charge in [-0.2, -0.15) is 0 Å². The molecule has 18 heavy (non-hydrogen) atoms. The fourth-order valence-electron chi connectivity index (χ4n) is 1.77. The van der Waals surface area contributed by atoms with Crippen LogP contribution in [0.2, 0.25) is 0 Å². The molecule has 0 radical (unpaired) electrons. The van der Waals surface area contributed by atoms with E-state index < -0.39 is 0 Å². The van der Waals surface area contributed by atoms with Gasteiger partial charge in [0.05, 0.1) is 18.6 Å². The van der Waals surface area contributed by atoms with Crippen molar-refractivity contribution in [1.29, 1.82) is 0 Å². The first-order valence-electron chi connectivity index (χ1n) is 6.40. The fourth-order valence-corrected chi connectivity index (χ4v) is 2.55. The standard InChI is InChI=1S/C13H20N4S/c1-3-5-14-6-4-12-7-17(10-15-12)8-13-16-11(2)9-18-13/h7,9-10,14H,3-6,8H2,1-2H3. The highest BCUT2D eigenvalue weighted by Gasteiger charge is 2.02. The van der Waals surface area contributed by atoms with Crippen molar-refractivity contribution in [2.24, 2.45) is 0 Å². The minimum atomic E-state index is 0.827. The van der Waals surface area contributed by atoms with Crippen LogP contribution in [0, 0.1) is 6.92 Å². The Bertz CT molecular complexity index is 475. The third kappa shape index (κ3) is 3.92. The lowest BCUT2D eigenvalue weighted by Gasteiger charge is -2.00. The van der Waals surface area contributed by atoms with Crippen LogP contribution in [0.25, 0.3) is 0 Å². The van der Waals surface area contributed by atoms with E-state index >= 15 is 0 Å². The molecule has 0 fully saturated rings. The van der Waals surface area contributed by atoms with Crippen LogP contribution < -0.4 is 5.32 Å². The Morgan fingerprint density at radius 3 is 3.00 bits per heavy atom. The lowest BCUT2D eigenvalue weighted by Crippen LogP contribution is -2.17. The van der Waals surface area contributed by atoms with Crippen LogP contribution in [-0.4, -0.2) is 27.6 Å². The number of hydrogen-bond acceptors (Lipinski definition) is 4. The summed E-state index contributed by atoms with van der Waals surface area (Å²) in [5.41, 5.74) is 2.24. The summed E-state index contributed by atoms with van der Waals surface area (Å²) in [6.07, 6.45) is 6.18. The SMILES string of the molecule is CCCNCCc1cn(Cc2nc(C)cs2)cn1. The molecule has 0 saturated carbocycles. The van der Waals surface area contributed by atoms with E-state index in [0.717, 1.165) is 42.5 Å². The molecule has 0 atom stereocenters. The molecule has 0 amide bonds. The summed E-state index contributed by atoms with van der Waals surface area (Å²) in [4.78, 5) is 8.88. The molecule has 4 nitrogen and oxygen atoms in total. The van der Waals surface area contributed by atoms with Crippen molar-refractivity contribution in [1.82, 2.24) is 19.9 Å². The number of aryl methyl sites for hydroxylation is 1. The van der Waals surface area contributed by atoms with Crippen molar-refractivity contribution in [3.05, 3.63) is 34.3 Å². The average molecular weight is 264 g/mol. The summed E-state index contributed by atoms with van der Waals surface area (Å²) in [5.74, 6) is 0. The molecule has 0 saturated heterocycles. The largest absolute Gasteiger partial charge is 0.330 e. The number of aromatic nitrogens is 3. The molecule has 0 aliphatic rings. The monoisotopic (exact) mass is 264 g/mol. The van der Waals surface area contributed by atoms with Crippen LogP contribution in [0.4, 0.5) is 0 Å². The van der Waals surface area contributed by atoms with Gasteiger partial charge in [-0.25, -0.2) is 9.97 Å². The normalized spacial score (nSPS) is 11.0. The zero-order chi connectivity index (χ0) is 12.8. The zero-order valence-electron chi connectivity index (χ0n) is 11.0. The molecule has 98 valence electrons. The topological polar surface area (TPSA) is 42.7 Å². The minimum absolute atomic E-state index is 0.827. The first-order chi connectivity index (χ1) is 8.78. The van der Waals surface area contributed by atoms with Crippen molar-refractivity contribution < 1.29 is 0 Å². The second-order valence-electron chi connectivity index (χ2n) is 4.42. The third-order valence-electron chi connectivity index (χ3n) is 2.66. The van der Waals surface area contributed by atoms with Gasteiger partial charge in [0.1, 0.15) is 5.01 Å².